The summed E-state index contributed by atoms with van der Waals surface area (Å²) in [5.41, 5.74) is 0.998. The van der Waals surface area contributed by atoms with Crippen LogP contribution in [0.4, 0.5) is 4.79 Å². The maximum atomic E-state index is 12.4. The molecule has 0 aliphatic heterocycles. The number of hydrogen-bond acceptors (Lipinski definition) is 3. The highest BCUT2D eigenvalue weighted by molar-refractivity contribution is 5.85. The Balaban J connectivity index is 2.49. The van der Waals surface area contributed by atoms with Gasteiger partial charge < -0.3 is 15.4 Å². The number of alkyl carbamates (subject to hydrolysis) is 1. The lowest BCUT2D eigenvalue weighted by molar-refractivity contribution is -0.123. The maximum absolute atomic E-state index is 12.4. The molecule has 0 bridgehead atoms. The van der Waals surface area contributed by atoms with Gasteiger partial charge in [-0.2, -0.15) is 0 Å². The van der Waals surface area contributed by atoms with Crippen molar-refractivity contribution in [3.8, 4) is 0 Å². The minimum absolute atomic E-state index is 0.164. The van der Waals surface area contributed by atoms with Gasteiger partial charge in [-0.25, -0.2) is 4.79 Å². The van der Waals surface area contributed by atoms with Crippen LogP contribution in [0.15, 0.2) is 30.3 Å². The number of ether oxygens (including phenoxy) is 1. The number of hydrogen-bond donors (Lipinski definition) is 2. The van der Waals surface area contributed by atoms with Crippen LogP contribution in [0, 0.1) is 0 Å². The standard InChI is InChI=1S/C19H30N2O3/c1-3-5-6-7-11-14-20-18(22)17(21-19(23)24-4-2)15-16-12-9-8-10-13-16/h8-10,12-13,17H,3-7,11,14-15H2,1-2H3,(H,20,22)(H,21,23). The van der Waals surface area contributed by atoms with E-state index in [9.17, 15) is 9.59 Å². The van der Waals surface area contributed by atoms with Gasteiger partial charge in [0.05, 0.1) is 6.61 Å². The van der Waals surface area contributed by atoms with Crippen LogP contribution >= 0.6 is 0 Å². The van der Waals surface area contributed by atoms with Crippen molar-refractivity contribution in [2.24, 2.45) is 0 Å². The second-order valence-electron chi connectivity index (χ2n) is 5.81. The van der Waals surface area contributed by atoms with Crippen LogP contribution < -0.4 is 10.6 Å². The number of carbonyl (C=O) groups is 2. The first-order valence-corrected chi connectivity index (χ1v) is 8.92. The van der Waals surface area contributed by atoms with Gasteiger partial charge in [0, 0.05) is 13.0 Å². The summed E-state index contributed by atoms with van der Waals surface area (Å²) in [7, 11) is 0. The van der Waals surface area contributed by atoms with Crippen molar-refractivity contribution in [3.05, 3.63) is 35.9 Å². The average Bonchev–Trinajstić information content (AvgIpc) is 2.58. The van der Waals surface area contributed by atoms with Crippen LogP contribution in [0.2, 0.25) is 0 Å². The summed E-state index contributed by atoms with van der Waals surface area (Å²) in [6, 6.07) is 9.02. The molecule has 5 heteroatoms. The predicted molar refractivity (Wildman–Crippen MR) is 95.9 cm³/mol. The van der Waals surface area contributed by atoms with Crippen molar-refractivity contribution >= 4 is 12.0 Å². The van der Waals surface area contributed by atoms with E-state index in [1.54, 1.807) is 6.92 Å². The summed E-state index contributed by atoms with van der Waals surface area (Å²) >= 11 is 0. The van der Waals surface area contributed by atoms with Crippen molar-refractivity contribution in [1.82, 2.24) is 10.6 Å². The molecule has 2 N–H and O–H groups in total. The van der Waals surface area contributed by atoms with Gasteiger partial charge in [-0.05, 0) is 18.9 Å². The summed E-state index contributed by atoms with van der Waals surface area (Å²) in [6.45, 7) is 4.83. The first-order chi connectivity index (χ1) is 11.7. The van der Waals surface area contributed by atoms with E-state index in [4.69, 9.17) is 4.74 Å². The molecule has 0 aliphatic rings. The minimum Gasteiger partial charge on any atom is -0.450 e. The zero-order valence-corrected chi connectivity index (χ0v) is 14.8. The highest BCUT2D eigenvalue weighted by Crippen LogP contribution is 2.05. The van der Waals surface area contributed by atoms with Gasteiger partial charge in [0.1, 0.15) is 6.04 Å². The first kappa shape index (κ1) is 20.0. The number of rotatable bonds is 11. The topological polar surface area (TPSA) is 67.4 Å². The SMILES string of the molecule is CCCCCCCNC(=O)C(Cc1ccccc1)NC(=O)OCC. The normalized spacial score (nSPS) is 11.6. The van der Waals surface area contributed by atoms with E-state index in [2.05, 4.69) is 17.6 Å². The Morgan fingerprint density at radius 3 is 2.42 bits per heavy atom. The molecule has 0 heterocycles. The third-order valence-electron chi connectivity index (χ3n) is 3.75. The van der Waals surface area contributed by atoms with E-state index < -0.39 is 12.1 Å². The van der Waals surface area contributed by atoms with Gasteiger partial charge in [-0.15, -0.1) is 0 Å². The zero-order valence-electron chi connectivity index (χ0n) is 14.8. The largest absolute Gasteiger partial charge is 0.450 e. The molecule has 0 fully saturated rings. The van der Waals surface area contributed by atoms with Gasteiger partial charge >= 0.3 is 6.09 Å². The Bertz CT molecular complexity index is 477. The van der Waals surface area contributed by atoms with E-state index >= 15 is 0 Å². The van der Waals surface area contributed by atoms with Crippen molar-refractivity contribution in [1.29, 1.82) is 0 Å². The van der Waals surface area contributed by atoms with Crippen LogP contribution in [-0.2, 0) is 16.0 Å². The Labute approximate surface area is 145 Å². The van der Waals surface area contributed by atoms with E-state index in [-0.39, 0.29) is 12.5 Å². The second kappa shape index (κ2) is 12.4. The van der Waals surface area contributed by atoms with Crippen molar-refractivity contribution in [3.63, 3.8) is 0 Å². The third-order valence-corrected chi connectivity index (χ3v) is 3.75. The molecule has 0 spiro atoms. The van der Waals surface area contributed by atoms with E-state index in [0.717, 1.165) is 18.4 Å². The Hall–Kier alpha value is -2.04. The van der Waals surface area contributed by atoms with Gasteiger partial charge in [0.25, 0.3) is 0 Å². The molecule has 0 aliphatic carbocycles. The molecule has 1 unspecified atom stereocenters. The summed E-state index contributed by atoms with van der Waals surface area (Å²) in [4.78, 5) is 24.1. The molecule has 1 rings (SSSR count). The smallest absolute Gasteiger partial charge is 0.407 e. The molecule has 0 aromatic heterocycles. The molecule has 2 amide bonds. The van der Waals surface area contributed by atoms with Crippen molar-refractivity contribution in [2.45, 2.75) is 58.4 Å². The fraction of sp³-hybridized carbons (Fsp3) is 0.579. The van der Waals surface area contributed by atoms with E-state index in [0.29, 0.717) is 13.0 Å². The molecule has 1 aromatic carbocycles. The Kier molecular flexibility index (Phi) is 10.3. The number of benzene rings is 1. The lowest BCUT2D eigenvalue weighted by atomic mass is 10.1. The molecular formula is C19H30N2O3. The number of carbonyl (C=O) groups excluding carboxylic acids is 2. The molecule has 5 nitrogen and oxygen atoms in total. The second-order valence-corrected chi connectivity index (χ2v) is 5.81. The van der Waals surface area contributed by atoms with Crippen molar-refractivity contribution in [2.75, 3.05) is 13.2 Å². The van der Waals surface area contributed by atoms with Crippen molar-refractivity contribution < 1.29 is 14.3 Å². The van der Waals surface area contributed by atoms with Crippen LogP contribution in [0.1, 0.15) is 51.5 Å². The first-order valence-electron chi connectivity index (χ1n) is 8.92. The van der Waals surface area contributed by atoms with Gasteiger partial charge in [0.2, 0.25) is 5.91 Å². The number of nitrogens with one attached hydrogen (secondary N) is 2. The fourth-order valence-electron chi connectivity index (χ4n) is 2.44. The molecule has 0 saturated carbocycles. The van der Waals surface area contributed by atoms with E-state index in [1.165, 1.54) is 19.3 Å². The molecule has 134 valence electrons. The molecule has 1 atom stereocenters. The highest BCUT2D eigenvalue weighted by atomic mass is 16.5. The third kappa shape index (κ3) is 8.56. The fourth-order valence-corrected chi connectivity index (χ4v) is 2.44. The van der Waals surface area contributed by atoms with Crippen LogP contribution in [0.25, 0.3) is 0 Å². The summed E-state index contributed by atoms with van der Waals surface area (Å²) in [5.74, 6) is -0.164. The minimum atomic E-state index is -0.623. The molecule has 1 aromatic rings. The quantitative estimate of drug-likeness (QED) is 0.609. The van der Waals surface area contributed by atoms with Gasteiger partial charge in [-0.1, -0.05) is 62.9 Å². The lowest BCUT2D eigenvalue weighted by Crippen LogP contribution is -2.48. The Morgan fingerprint density at radius 1 is 1.04 bits per heavy atom. The molecular weight excluding hydrogens is 304 g/mol. The Morgan fingerprint density at radius 2 is 1.75 bits per heavy atom. The molecule has 24 heavy (non-hydrogen) atoms. The summed E-state index contributed by atoms with van der Waals surface area (Å²) in [5, 5.41) is 5.57. The average molecular weight is 334 g/mol. The zero-order chi connectivity index (χ0) is 17.6. The highest BCUT2D eigenvalue weighted by Gasteiger charge is 2.21. The summed E-state index contributed by atoms with van der Waals surface area (Å²) in [6.07, 6.45) is 5.59. The molecule has 0 radical (unpaired) electrons. The van der Waals surface area contributed by atoms with Crippen LogP contribution in [0.3, 0.4) is 0 Å². The monoisotopic (exact) mass is 334 g/mol. The number of amides is 2. The van der Waals surface area contributed by atoms with Crippen LogP contribution in [0.5, 0.6) is 0 Å². The molecule has 0 saturated heterocycles. The van der Waals surface area contributed by atoms with Gasteiger partial charge in [0.15, 0.2) is 0 Å². The van der Waals surface area contributed by atoms with Gasteiger partial charge in [-0.3, -0.25) is 4.79 Å². The predicted octanol–water partition coefficient (Wildman–Crippen LogP) is 3.43. The summed E-state index contributed by atoms with van der Waals surface area (Å²) < 4.78 is 4.90. The van der Waals surface area contributed by atoms with Crippen LogP contribution in [-0.4, -0.2) is 31.2 Å². The van der Waals surface area contributed by atoms with E-state index in [1.807, 2.05) is 30.3 Å². The number of unbranched alkanes of at least 4 members (excludes halogenated alkanes) is 4. The maximum Gasteiger partial charge on any atom is 0.407 e. The lowest BCUT2D eigenvalue weighted by Gasteiger charge is -2.18.